The molecule has 0 radical (unpaired) electrons. The second-order valence-electron chi connectivity index (χ2n) is 6.91. The van der Waals surface area contributed by atoms with Crippen molar-refractivity contribution in [3.63, 3.8) is 0 Å². The summed E-state index contributed by atoms with van der Waals surface area (Å²) in [6.45, 7) is 5.44. The molecule has 5 nitrogen and oxygen atoms in total. The van der Waals surface area contributed by atoms with Crippen molar-refractivity contribution < 1.29 is 9.53 Å². The third-order valence-electron chi connectivity index (χ3n) is 4.83. The number of thiophene rings is 1. The highest BCUT2D eigenvalue weighted by molar-refractivity contribution is 7.80. The Bertz CT molecular complexity index is 812. The number of esters is 1. The van der Waals surface area contributed by atoms with E-state index < -0.39 is 0 Å². The van der Waals surface area contributed by atoms with Crippen LogP contribution in [0.2, 0.25) is 0 Å². The molecule has 1 saturated heterocycles. The van der Waals surface area contributed by atoms with Crippen molar-refractivity contribution in [1.29, 1.82) is 0 Å². The molecule has 1 aromatic carbocycles. The lowest BCUT2D eigenvalue weighted by molar-refractivity contribution is 0.0602. The minimum absolute atomic E-state index is 0.358. The van der Waals surface area contributed by atoms with E-state index in [0.717, 1.165) is 23.5 Å². The van der Waals surface area contributed by atoms with Crippen LogP contribution in [-0.4, -0.2) is 36.2 Å². The Kier molecular flexibility index (Phi) is 7.42. The number of likely N-dealkylation sites (tertiary alicyclic amines) is 1. The summed E-state index contributed by atoms with van der Waals surface area (Å²) in [6, 6.07) is 10.2. The molecular formula is C21H27N3O2S2. The van der Waals surface area contributed by atoms with Crippen LogP contribution in [0.5, 0.6) is 0 Å². The number of aryl methyl sites for hydroxylation is 1. The highest BCUT2D eigenvalue weighted by Crippen LogP contribution is 2.29. The maximum atomic E-state index is 12.0. The van der Waals surface area contributed by atoms with Gasteiger partial charge in [0.25, 0.3) is 0 Å². The van der Waals surface area contributed by atoms with Crippen LogP contribution in [0.25, 0.3) is 0 Å². The van der Waals surface area contributed by atoms with Crippen molar-refractivity contribution in [2.75, 3.05) is 30.8 Å². The molecule has 0 atom stereocenters. The van der Waals surface area contributed by atoms with Gasteiger partial charge in [0.05, 0.1) is 12.7 Å². The quantitative estimate of drug-likeness (QED) is 0.515. The fourth-order valence-corrected chi connectivity index (χ4v) is 4.58. The van der Waals surface area contributed by atoms with Crippen LogP contribution < -0.4 is 10.6 Å². The Morgan fingerprint density at radius 2 is 1.89 bits per heavy atom. The van der Waals surface area contributed by atoms with Gasteiger partial charge in [0.1, 0.15) is 5.00 Å². The lowest BCUT2D eigenvalue weighted by Crippen LogP contribution is -2.29. The monoisotopic (exact) mass is 417 g/mol. The molecule has 3 rings (SSSR count). The van der Waals surface area contributed by atoms with Gasteiger partial charge in [-0.05, 0) is 68.3 Å². The van der Waals surface area contributed by atoms with E-state index in [-0.39, 0.29) is 5.97 Å². The lowest BCUT2D eigenvalue weighted by Gasteiger charge is -2.26. The molecule has 1 aromatic heterocycles. The molecule has 0 spiro atoms. The van der Waals surface area contributed by atoms with E-state index in [2.05, 4.69) is 34.6 Å². The number of thiocarbonyl (C=S) groups is 1. The number of hydrogen-bond acceptors (Lipinski definition) is 5. The number of methoxy groups -OCH3 is 1. The number of carbonyl (C=O) groups is 1. The van der Waals surface area contributed by atoms with E-state index in [1.165, 1.54) is 56.4 Å². The van der Waals surface area contributed by atoms with Gasteiger partial charge in [0, 0.05) is 17.1 Å². The van der Waals surface area contributed by atoms with Gasteiger partial charge in [0.2, 0.25) is 0 Å². The highest BCUT2D eigenvalue weighted by atomic mass is 32.1. The summed E-state index contributed by atoms with van der Waals surface area (Å²) in [5.74, 6) is -0.358. The molecule has 2 heterocycles. The average Bonchev–Trinajstić information content (AvgIpc) is 3.12. The van der Waals surface area contributed by atoms with Crippen molar-refractivity contribution in [2.45, 2.75) is 39.2 Å². The summed E-state index contributed by atoms with van der Waals surface area (Å²) in [6.07, 6.45) is 4.81. The largest absolute Gasteiger partial charge is 0.465 e. The second kappa shape index (κ2) is 10.0. The molecular weight excluding hydrogens is 390 g/mol. The maximum Gasteiger partial charge on any atom is 0.340 e. The molecule has 0 amide bonds. The predicted octanol–water partition coefficient (Wildman–Crippen LogP) is 4.89. The first-order valence-electron chi connectivity index (χ1n) is 9.69. The minimum Gasteiger partial charge on any atom is -0.465 e. The number of hydrogen-bond donors (Lipinski definition) is 2. The van der Waals surface area contributed by atoms with Gasteiger partial charge >= 0.3 is 5.97 Å². The molecule has 28 heavy (non-hydrogen) atoms. The first-order valence-corrected chi connectivity index (χ1v) is 10.9. The third kappa shape index (κ3) is 5.53. The summed E-state index contributed by atoms with van der Waals surface area (Å²) in [5, 5.41) is 7.50. The van der Waals surface area contributed by atoms with E-state index in [0.29, 0.717) is 15.7 Å². The number of nitrogens with zero attached hydrogens (tertiary/aromatic N) is 1. The van der Waals surface area contributed by atoms with Crippen LogP contribution in [0.4, 0.5) is 10.7 Å². The summed E-state index contributed by atoms with van der Waals surface area (Å²) in [5.41, 5.74) is 2.75. The molecule has 0 bridgehead atoms. The fraction of sp³-hybridized carbons (Fsp3) is 0.429. The Balaban J connectivity index is 1.59. The van der Waals surface area contributed by atoms with Crippen molar-refractivity contribution in [2.24, 2.45) is 0 Å². The van der Waals surface area contributed by atoms with Crippen LogP contribution in [0.15, 0.2) is 30.3 Å². The van der Waals surface area contributed by atoms with E-state index in [1.54, 1.807) is 0 Å². The second-order valence-corrected chi connectivity index (χ2v) is 8.46. The summed E-state index contributed by atoms with van der Waals surface area (Å²) < 4.78 is 4.87. The van der Waals surface area contributed by atoms with Crippen molar-refractivity contribution >= 4 is 45.3 Å². The van der Waals surface area contributed by atoms with Crippen LogP contribution in [0.1, 0.15) is 47.0 Å². The molecule has 1 fully saturated rings. The van der Waals surface area contributed by atoms with E-state index >= 15 is 0 Å². The van der Waals surface area contributed by atoms with Gasteiger partial charge in [-0.3, -0.25) is 4.90 Å². The Morgan fingerprint density at radius 3 is 2.54 bits per heavy atom. The average molecular weight is 418 g/mol. The zero-order valence-corrected chi connectivity index (χ0v) is 18.0. The SMILES string of the molecule is CCc1cc(C(=O)OC)c(NC(=S)Nc2ccc(CN3CCCCC3)cc2)s1. The van der Waals surface area contributed by atoms with Gasteiger partial charge in [-0.2, -0.15) is 0 Å². The van der Waals surface area contributed by atoms with Crippen molar-refractivity contribution in [3.05, 3.63) is 46.3 Å². The number of rotatable bonds is 6. The molecule has 1 aliphatic heterocycles. The number of anilines is 2. The molecule has 0 aliphatic carbocycles. The van der Waals surface area contributed by atoms with Crippen LogP contribution >= 0.6 is 23.6 Å². The summed E-state index contributed by atoms with van der Waals surface area (Å²) in [7, 11) is 1.39. The Hall–Kier alpha value is -1.96. The van der Waals surface area contributed by atoms with Crippen LogP contribution in [0, 0.1) is 0 Å². The van der Waals surface area contributed by atoms with Gasteiger partial charge < -0.3 is 15.4 Å². The number of benzene rings is 1. The van der Waals surface area contributed by atoms with Gasteiger partial charge in [-0.1, -0.05) is 25.5 Å². The fourth-order valence-electron chi connectivity index (χ4n) is 3.31. The molecule has 7 heteroatoms. The lowest BCUT2D eigenvalue weighted by atomic mass is 10.1. The van der Waals surface area contributed by atoms with Crippen LogP contribution in [-0.2, 0) is 17.7 Å². The van der Waals surface area contributed by atoms with E-state index in [9.17, 15) is 4.79 Å². The first-order chi connectivity index (χ1) is 13.6. The van der Waals surface area contributed by atoms with Crippen molar-refractivity contribution in [3.8, 4) is 0 Å². The molecule has 1 aliphatic rings. The van der Waals surface area contributed by atoms with Gasteiger partial charge in [-0.15, -0.1) is 11.3 Å². The topological polar surface area (TPSA) is 53.6 Å². The van der Waals surface area contributed by atoms with Crippen LogP contribution in [0.3, 0.4) is 0 Å². The molecule has 0 unspecified atom stereocenters. The number of piperidine rings is 1. The van der Waals surface area contributed by atoms with E-state index in [1.807, 2.05) is 18.2 Å². The Labute approximate surface area is 176 Å². The van der Waals surface area contributed by atoms with Gasteiger partial charge in [0.15, 0.2) is 5.11 Å². The zero-order chi connectivity index (χ0) is 19.9. The minimum atomic E-state index is -0.358. The van der Waals surface area contributed by atoms with Crippen molar-refractivity contribution in [1.82, 2.24) is 4.90 Å². The highest BCUT2D eigenvalue weighted by Gasteiger charge is 2.17. The third-order valence-corrected chi connectivity index (χ3v) is 6.23. The predicted molar refractivity (Wildman–Crippen MR) is 120 cm³/mol. The number of ether oxygens (including phenoxy) is 1. The summed E-state index contributed by atoms with van der Waals surface area (Å²) in [4.78, 5) is 15.6. The smallest absolute Gasteiger partial charge is 0.340 e. The molecule has 0 saturated carbocycles. The maximum absolute atomic E-state index is 12.0. The molecule has 150 valence electrons. The zero-order valence-electron chi connectivity index (χ0n) is 16.4. The Morgan fingerprint density at radius 1 is 1.18 bits per heavy atom. The number of carbonyl (C=O) groups excluding carboxylic acids is 1. The van der Waals surface area contributed by atoms with Gasteiger partial charge in [-0.25, -0.2) is 4.79 Å². The normalized spacial score (nSPS) is 14.5. The standard InChI is InChI=1S/C21H27N3O2S2/c1-3-17-13-18(20(25)26-2)19(28-17)23-21(27)22-16-9-7-15(8-10-16)14-24-11-5-4-6-12-24/h7-10,13H,3-6,11-12,14H2,1-2H3,(H2,22,23,27). The number of nitrogens with one attached hydrogen (secondary N) is 2. The first kappa shape index (κ1) is 20.8. The van der Waals surface area contributed by atoms with E-state index in [4.69, 9.17) is 17.0 Å². The molecule has 2 aromatic rings. The summed E-state index contributed by atoms with van der Waals surface area (Å²) >= 11 is 6.95. The molecule has 2 N–H and O–H groups in total.